The quantitative estimate of drug-likeness (QED) is 0.791. The number of ether oxygens (including phenoxy) is 1. The second-order valence-electron chi connectivity index (χ2n) is 5.93. The van der Waals surface area contributed by atoms with Crippen molar-refractivity contribution >= 4 is 11.7 Å². The Morgan fingerprint density at radius 3 is 2.79 bits per heavy atom. The van der Waals surface area contributed by atoms with Crippen LogP contribution in [0.3, 0.4) is 0 Å². The molecular weight excluding hydrogens is 304 g/mol. The molecule has 0 spiro atoms. The molecule has 3 N–H and O–H groups in total. The van der Waals surface area contributed by atoms with Gasteiger partial charge in [-0.25, -0.2) is 4.79 Å². The molecule has 0 aromatic heterocycles. The number of fused-ring (bicyclic) bond motifs is 1. The molecular formula is C19H22N2O3. The molecule has 1 atom stereocenters. The third kappa shape index (κ3) is 3.36. The molecule has 2 aromatic rings. The van der Waals surface area contributed by atoms with Crippen LogP contribution >= 0.6 is 0 Å². The predicted molar refractivity (Wildman–Crippen MR) is 93.3 cm³/mol. The summed E-state index contributed by atoms with van der Waals surface area (Å²) in [5, 5.41) is 16.4. The lowest BCUT2D eigenvalue weighted by molar-refractivity contribution is 0.0417. The van der Waals surface area contributed by atoms with E-state index in [-0.39, 0.29) is 12.6 Å². The summed E-state index contributed by atoms with van der Waals surface area (Å²) < 4.78 is 5.49. The van der Waals surface area contributed by atoms with Gasteiger partial charge in [-0.2, -0.15) is 0 Å². The molecule has 0 fully saturated rings. The molecule has 1 aliphatic rings. The first-order chi connectivity index (χ1) is 11.6. The largest absolute Gasteiger partial charge is 0.492 e. The topological polar surface area (TPSA) is 70.6 Å². The number of carbonyl (C=O) groups excluding carboxylic acids is 1. The maximum Gasteiger partial charge on any atom is 0.319 e. The Kier molecular flexibility index (Phi) is 4.71. The first kappa shape index (κ1) is 16.3. The molecule has 0 aliphatic heterocycles. The predicted octanol–water partition coefficient (Wildman–Crippen LogP) is 3.04. The zero-order valence-electron chi connectivity index (χ0n) is 13.7. The lowest BCUT2D eigenvalue weighted by Gasteiger charge is -2.24. The van der Waals surface area contributed by atoms with Crippen LogP contribution in [-0.2, 0) is 12.0 Å². The molecule has 2 amide bonds. The van der Waals surface area contributed by atoms with Crippen molar-refractivity contribution in [1.82, 2.24) is 5.32 Å². The van der Waals surface area contributed by atoms with Crippen LogP contribution in [0.25, 0.3) is 0 Å². The number of aliphatic hydroxyl groups is 1. The summed E-state index contributed by atoms with van der Waals surface area (Å²) in [6.07, 6.45) is 1.44. The second-order valence-corrected chi connectivity index (χ2v) is 5.93. The summed E-state index contributed by atoms with van der Waals surface area (Å²) in [5.74, 6) is 0.625. The summed E-state index contributed by atoms with van der Waals surface area (Å²) >= 11 is 0. The summed E-state index contributed by atoms with van der Waals surface area (Å²) in [6, 6.07) is 14.7. The van der Waals surface area contributed by atoms with E-state index < -0.39 is 5.60 Å². The molecule has 0 radical (unpaired) electrons. The third-order valence-corrected chi connectivity index (χ3v) is 4.30. The molecule has 1 aliphatic carbocycles. The van der Waals surface area contributed by atoms with Gasteiger partial charge in [0.15, 0.2) is 0 Å². The van der Waals surface area contributed by atoms with E-state index in [1.54, 1.807) is 12.1 Å². The Balaban J connectivity index is 1.63. The highest BCUT2D eigenvalue weighted by Crippen LogP contribution is 2.36. The summed E-state index contributed by atoms with van der Waals surface area (Å²) in [5.41, 5.74) is 1.65. The van der Waals surface area contributed by atoms with Crippen molar-refractivity contribution in [2.24, 2.45) is 0 Å². The standard InChI is InChI=1S/C19H22N2O3/c1-2-24-17-10-6-5-9-16(17)21-18(22)20-13-19(23)12-11-14-7-3-4-8-15(14)19/h3-10,23H,2,11-13H2,1H3,(H2,20,21,22). The average molecular weight is 326 g/mol. The normalized spacial score (nSPS) is 18.8. The third-order valence-electron chi connectivity index (χ3n) is 4.30. The fourth-order valence-electron chi connectivity index (χ4n) is 3.10. The number of carbonyl (C=O) groups is 1. The molecule has 0 bridgehead atoms. The Labute approximate surface area is 141 Å². The molecule has 0 saturated carbocycles. The number of anilines is 1. The molecule has 5 nitrogen and oxygen atoms in total. The molecule has 2 aromatic carbocycles. The molecule has 0 saturated heterocycles. The van der Waals surface area contributed by atoms with Crippen LogP contribution in [0.1, 0.15) is 24.5 Å². The van der Waals surface area contributed by atoms with Crippen molar-refractivity contribution in [2.45, 2.75) is 25.4 Å². The molecule has 126 valence electrons. The number of hydrogen-bond acceptors (Lipinski definition) is 3. The van der Waals surface area contributed by atoms with E-state index in [2.05, 4.69) is 10.6 Å². The summed E-state index contributed by atoms with van der Waals surface area (Å²) in [7, 11) is 0. The van der Waals surface area contributed by atoms with Crippen molar-refractivity contribution in [3.63, 3.8) is 0 Å². The van der Waals surface area contributed by atoms with Crippen molar-refractivity contribution in [1.29, 1.82) is 0 Å². The van der Waals surface area contributed by atoms with Gasteiger partial charge in [-0.3, -0.25) is 0 Å². The zero-order valence-corrected chi connectivity index (χ0v) is 13.7. The average Bonchev–Trinajstić information content (AvgIpc) is 2.93. The minimum Gasteiger partial charge on any atom is -0.492 e. The van der Waals surface area contributed by atoms with Crippen molar-refractivity contribution in [3.8, 4) is 5.75 Å². The highest BCUT2D eigenvalue weighted by atomic mass is 16.5. The fraction of sp³-hybridized carbons (Fsp3) is 0.316. The smallest absolute Gasteiger partial charge is 0.319 e. The van der Waals surface area contributed by atoms with E-state index in [1.807, 2.05) is 43.3 Å². The van der Waals surface area contributed by atoms with Gasteiger partial charge >= 0.3 is 6.03 Å². The molecule has 1 unspecified atom stereocenters. The van der Waals surface area contributed by atoms with Crippen LogP contribution in [0, 0.1) is 0 Å². The SMILES string of the molecule is CCOc1ccccc1NC(=O)NCC1(O)CCc2ccccc21. The minimum atomic E-state index is -1.01. The van der Waals surface area contributed by atoms with Crippen LogP contribution in [0.15, 0.2) is 48.5 Å². The number of rotatable bonds is 5. The monoisotopic (exact) mass is 326 g/mol. The number of hydrogen-bond donors (Lipinski definition) is 3. The lowest BCUT2D eigenvalue weighted by atomic mass is 9.96. The van der Waals surface area contributed by atoms with Crippen LogP contribution in [-0.4, -0.2) is 24.3 Å². The molecule has 5 heteroatoms. The maximum atomic E-state index is 12.2. The highest BCUT2D eigenvalue weighted by molar-refractivity contribution is 5.90. The van der Waals surface area contributed by atoms with Gasteiger partial charge in [-0.1, -0.05) is 36.4 Å². The summed E-state index contributed by atoms with van der Waals surface area (Å²) in [4.78, 5) is 12.2. The Morgan fingerprint density at radius 2 is 1.96 bits per heavy atom. The Bertz CT molecular complexity index is 732. The van der Waals surface area contributed by atoms with Crippen LogP contribution in [0.5, 0.6) is 5.75 Å². The van der Waals surface area contributed by atoms with Crippen LogP contribution in [0.4, 0.5) is 10.5 Å². The van der Waals surface area contributed by atoms with Crippen LogP contribution < -0.4 is 15.4 Å². The van der Waals surface area contributed by atoms with Gasteiger partial charge in [0.2, 0.25) is 0 Å². The Hall–Kier alpha value is -2.53. The molecule has 24 heavy (non-hydrogen) atoms. The maximum absolute atomic E-state index is 12.2. The highest BCUT2D eigenvalue weighted by Gasteiger charge is 2.36. The van der Waals surface area contributed by atoms with Gasteiger partial charge in [0.05, 0.1) is 18.8 Å². The summed E-state index contributed by atoms with van der Waals surface area (Å²) in [6.45, 7) is 2.59. The first-order valence-corrected chi connectivity index (χ1v) is 8.20. The molecule has 0 heterocycles. The van der Waals surface area contributed by atoms with Crippen molar-refractivity contribution in [3.05, 3.63) is 59.7 Å². The van der Waals surface area contributed by atoms with Gasteiger partial charge in [0, 0.05) is 0 Å². The van der Waals surface area contributed by atoms with Gasteiger partial charge in [0.1, 0.15) is 11.4 Å². The minimum absolute atomic E-state index is 0.173. The van der Waals surface area contributed by atoms with Gasteiger partial charge in [0.25, 0.3) is 0 Å². The zero-order chi connectivity index (χ0) is 17.0. The first-order valence-electron chi connectivity index (χ1n) is 8.20. The van der Waals surface area contributed by atoms with Crippen molar-refractivity contribution in [2.75, 3.05) is 18.5 Å². The number of aryl methyl sites for hydroxylation is 1. The lowest BCUT2D eigenvalue weighted by Crippen LogP contribution is -2.41. The van der Waals surface area contributed by atoms with Gasteiger partial charge < -0.3 is 20.5 Å². The van der Waals surface area contributed by atoms with Crippen molar-refractivity contribution < 1.29 is 14.6 Å². The van der Waals surface area contributed by atoms with E-state index in [0.717, 1.165) is 17.5 Å². The number of amides is 2. The number of nitrogens with one attached hydrogen (secondary N) is 2. The second kappa shape index (κ2) is 6.93. The van der Waals surface area contributed by atoms with E-state index in [4.69, 9.17) is 4.74 Å². The fourth-order valence-corrected chi connectivity index (χ4v) is 3.10. The Morgan fingerprint density at radius 1 is 1.21 bits per heavy atom. The van der Waals surface area contributed by atoms with E-state index in [0.29, 0.717) is 24.5 Å². The van der Waals surface area contributed by atoms with Gasteiger partial charge in [-0.05, 0) is 43.0 Å². The molecule has 3 rings (SSSR count). The van der Waals surface area contributed by atoms with E-state index in [1.165, 1.54) is 0 Å². The number of benzene rings is 2. The number of para-hydroxylation sites is 2. The van der Waals surface area contributed by atoms with Gasteiger partial charge in [-0.15, -0.1) is 0 Å². The van der Waals surface area contributed by atoms with Crippen LogP contribution in [0.2, 0.25) is 0 Å². The van der Waals surface area contributed by atoms with E-state index in [9.17, 15) is 9.90 Å². The number of urea groups is 1. The van der Waals surface area contributed by atoms with E-state index >= 15 is 0 Å².